The Morgan fingerprint density at radius 3 is 1.24 bits per heavy atom. The third-order valence-electron chi connectivity index (χ3n) is 24.5. The van der Waals surface area contributed by atoms with E-state index >= 15 is 0 Å². The Labute approximate surface area is 470 Å². The number of allylic oxidation sites excluding steroid dienone is 2. The van der Waals surface area contributed by atoms with Crippen LogP contribution in [0.3, 0.4) is 0 Å². The summed E-state index contributed by atoms with van der Waals surface area (Å²) < 4.78 is 26.9. The van der Waals surface area contributed by atoms with Crippen molar-refractivity contribution in [3.8, 4) is 0 Å². The number of rotatable bonds is 29. The molecule has 0 amide bonds. The van der Waals surface area contributed by atoms with Gasteiger partial charge in [-0.1, -0.05) is 131 Å². The first-order chi connectivity index (χ1) is 36.3. The van der Waals surface area contributed by atoms with Crippen molar-refractivity contribution in [1.29, 1.82) is 0 Å². The van der Waals surface area contributed by atoms with Crippen LogP contribution in [0.5, 0.6) is 0 Å². The summed E-state index contributed by atoms with van der Waals surface area (Å²) in [6.45, 7) is 30.6. The van der Waals surface area contributed by atoms with Crippen LogP contribution < -0.4 is 0 Å². The van der Waals surface area contributed by atoms with Crippen molar-refractivity contribution in [3.05, 3.63) is 23.3 Å². The van der Waals surface area contributed by atoms with Crippen molar-refractivity contribution in [1.82, 2.24) is 9.80 Å². The Morgan fingerprint density at radius 1 is 0.461 bits per heavy atom. The molecule has 8 unspecified atom stereocenters. The van der Waals surface area contributed by atoms with Crippen LogP contribution in [0.4, 0.5) is 0 Å². The van der Waals surface area contributed by atoms with Gasteiger partial charge in [-0.05, 0) is 249 Å². The Hall–Kier alpha value is -0.760. The van der Waals surface area contributed by atoms with Crippen molar-refractivity contribution >= 4 is 0 Å². The summed E-state index contributed by atoms with van der Waals surface area (Å²) in [5, 5.41) is 0. The largest absolute Gasteiger partial charge is 0.378 e. The quantitative estimate of drug-likeness (QED) is 0.0549. The summed E-state index contributed by atoms with van der Waals surface area (Å²) in [5.74, 6) is 10.7. The minimum Gasteiger partial charge on any atom is -0.378 e. The lowest BCUT2D eigenvalue weighted by Crippen LogP contribution is -2.51. The maximum absolute atomic E-state index is 6.74. The fourth-order valence-corrected chi connectivity index (χ4v) is 20.2. The van der Waals surface area contributed by atoms with Gasteiger partial charge >= 0.3 is 0 Å². The molecule has 76 heavy (non-hydrogen) atoms. The zero-order valence-corrected chi connectivity index (χ0v) is 52.5. The van der Waals surface area contributed by atoms with E-state index in [-0.39, 0.29) is 12.2 Å². The Morgan fingerprint density at radius 2 is 0.855 bits per heavy atom. The molecular formula is C70H124N2O4. The van der Waals surface area contributed by atoms with Gasteiger partial charge in [0, 0.05) is 39.5 Å². The van der Waals surface area contributed by atoms with E-state index in [0.29, 0.717) is 33.9 Å². The summed E-state index contributed by atoms with van der Waals surface area (Å²) in [6.07, 6.45) is 40.8. The third kappa shape index (κ3) is 14.0. The van der Waals surface area contributed by atoms with E-state index in [1.807, 2.05) is 0 Å². The summed E-state index contributed by atoms with van der Waals surface area (Å²) in [7, 11) is 8.66. The molecule has 0 heterocycles. The lowest BCUT2D eigenvalue weighted by atomic mass is 9.47. The summed E-state index contributed by atoms with van der Waals surface area (Å²) in [5.41, 5.74) is 5.41. The SMILES string of the molecule is CC(C)CCC[C@@H](C)[C@H]1CCC2C3CC=C4C[C@@H](OCCCCOC(CN(C)C)C(CN(C)C)OCCCCO[C@H]5CC[C@@]6(C)C(=CCC7C6CC[C@@]6(C)C7CC[C@@H]6[C@H](C)CCCC(C)C)C5)CC[C@]4(C)C3CC[C@@]21C. The van der Waals surface area contributed by atoms with Gasteiger partial charge in [-0.15, -0.1) is 0 Å². The number of hydrogen-bond donors (Lipinski definition) is 0. The second kappa shape index (κ2) is 27.1. The minimum absolute atomic E-state index is 0.0367. The average molecular weight is 1060 g/mol. The zero-order valence-electron chi connectivity index (χ0n) is 52.5. The molecule has 0 spiro atoms. The van der Waals surface area contributed by atoms with Gasteiger partial charge in [-0.25, -0.2) is 0 Å². The smallest absolute Gasteiger partial charge is 0.0975 e. The topological polar surface area (TPSA) is 43.4 Å². The van der Waals surface area contributed by atoms with Gasteiger partial charge in [0.15, 0.2) is 0 Å². The first-order valence-corrected chi connectivity index (χ1v) is 33.4. The number of nitrogens with zero attached hydrogens (tertiary/aromatic N) is 2. The molecular weight excluding hydrogens is 933 g/mol. The van der Waals surface area contributed by atoms with E-state index in [9.17, 15) is 0 Å². The molecule has 0 N–H and O–H groups in total. The van der Waals surface area contributed by atoms with E-state index in [0.717, 1.165) is 149 Å². The van der Waals surface area contributed by atoms with E-state index in [4.69, 9.17) is 18.9 Å². The van der Waals surface area contributed by atoms with Crippen molar-refractivity contribution in [2.45, 2.75) is 261 Å². The maximum Gasteiger partial charge on any atom is 0.0975 e. The number of likely N-dealkylation sites (N-methyl/N-ethyl adjacent to an activating group) is 2. The van der Waals surface area contributed by atoms with Crippen molar-refractivity contribution in [2.24, 2.45) is 92.7 Å². The number of ether oxygens (including phenoxy) is 4. The predicted molar refractivity (Wildman–Crippen MR) is 321 cm³/mol. The normalized spacial score (nSPS) is 38.7. The Bertz CT molecular complexity index is 1710. The molecule has 6 heteroatoms. The maximum atomic E-state index is 6.74. The first kappa shape index (κ1) is 61.3. The van der Waals surface area contributed by atoms with Crippen LogP contribution in [0.15, 0.2) is 23.3 Å². The lowest BCUT2D eigenvalue weighted by molar-refractivity contribution is -0.0913. The molecule has 438 valence electrons. The number of unbranched alkanes of at least 4 members (excludes halogenated alkanes) is 2. The highest BCUT2D eigenvalue weighted by Crippen LogP contribution is 2.69. The molecule has 6 saturated carbocycles. The van der Waals surface area contributed by atoms with Crippen molar-refractivity contribution < 1.29 is 18.9 Å². The molecule has 8 aliphatic rings. The minimum atomic E-state index is 0.0367. The third-order valence-corrected chi connectivity index (χ3v) is 24.5. The fourth-order valence-electron chi connectivity index (χ4n) is 20.2. The second-order valence-corrected chi connectivity index (χ2v) is 30.8. The summed E-state index contributed by atoms with van der Waals surface area (Å²) in [6, 6.07) is 0. The van der Waals surface area contributed by atoms with E-state index < -0.39 is 0 Å². The van der Waals surface area contributed by atoms with Crippen LogP contribution in [0.1, 0.15) is 236 Å². The number of hydrogen-bond acceptors (Lipinski definition) is 6. The van der Waals surface area contributed by atoms with Crippen LogP contribution >= 0.6 is 0 Å². The summed E-state index contributed by atoms with van der Waals surface area (Å²) >= 11 is 0. The highest BCUT2D eigenvalue weighted by molar-refractivity contribution is 5.27. The van der Waals surface area contributed by atoms with Gasteiger partial charge in [0.1, 0.15) is 0 Å². The van der Waals surface area contributed by atoms with Crippen molar-refractivity contribution in [2.75, 3.05) is 67.7 Å². The molecule has 8 aliphatic carbocycles. The monoisotopic (exact) mass is 1060 g/mol. The van der Waals surface area contributed by atoms with Crippen LogP contribution in [0.25, 0.3) is 0 Å². The van der Waals surface area contributed by atoms with Crippen LogP contribution in [-0.2, 0) is 18.9 Å². The number of fused-ring (bicyclic) bond motifs is 10. The second-order valence-electron chi connectivity index (χ2n) is 30.8. The first-order valence-electron chi connectivity index (χ1n) is 33.4. The molecule has 0 aromatic rings. The van der Waals surface area contributed by atoms with E-state index in [2.05, 4.69) is 119 Å². The molecule has 0 bridgehead atoms. The molecule has 6 fully saturated rings. The van der Waals surface area contributed by atoms with Gasteiger partial charge < -0.3 is 28.7 Å². The van der Waals surface area contributed by atoms with E-state index in [1.54, 1.807) is 11.1 Å². The van der Waals surface area contributed by atoms with Gasteiger partial charge in [-0.2, -0.15) is 0 Å². The molecule has 0 saturated heterocycles. The van der Waals surface area contributed by atoms with Gasteiger partial charge in [0.25, 0.3) is 0 Å². The summed E-state index contributed by atoms with van der Waals surface area (Å²) in [4.78, 5) is 4.53. The molecule has 0 aliphatic heterocycles. The van der Waals surface area contributed by atoms with Crippen molar-refractivity contribution in [3.63, 3.8) is 0 Å². The molecule has 6 nitrogen and oxygen atoms in total. The van der Waals surface area contributed by atoms with E-state index in [1.165, 1.54) is 128 Å². The molecule has 0 aromatic heterocycles. The predicted octanol–water partition coefficient (Wildman–Crippen LogP) is 17.3. The fraction of sp³-hybridized carbons (Fsp3) is 0.943. The van der Waals surface area contributed by atoms with Gasteiger partial charge in [-0.3, -0.25) is 0 Å². The standard InChI is InChI=1S/C70H124N2O4/c1-49(2)21-19-23-51(5)59-29-31-61-57-27-25-53-45-55(33-37-67(53,7)63(57)35-39-69(59,61)9)73-41-15-17-43-75-65(47-71(11)12)66(48-72(13)14)76-44-18-16-42-74-56-34-38-68(8)54(46-56)26-28-58-62-32-30-60(52(6)24-20-22-50(3)4)70(62,10)40-36-64(58)68/h25-26,49-52,55-66H,15-24,27-48H2,1-14H3/t51-,52-,55+,56+,57?,58?,59-,60-,61?,62?,63?,64?,65?,66?,67+,68+,69-,70-/m1/s1. The zero-order chi connectivity index (χ0) is 54.4. The van der Waals surface area contributed by atoms with Crippen LogP contribution in [0.2, 0.25) is 0 Å². The molecule has 0 aromatic carbocycles. The average Bonchev–Trinajstić information content (AvgIpc) is 3.92. The van der Waals surface area contributed by atoms with Crippen LogP contribution in [0, 0.1) is 92.7 Å². The van der Waals surface area contributed by atoms with Gasteiger partial charge in [0.05, 0.1) is 24.4 Å². The van der Waals surface area contributed by atoms with Gasteiger partial charge in [0.2, 0.25) is 0 Å². The lowest BCUT2D eigenvalue weighted by Gasteiger charge is -2.58. The van der Waals surface area contributed by atoms with Crippen LogP contribution in [-0.4, -0.2) is 102 Å². The molecule has 0 radical (unpaired) electrons. The molecule has 8 rings (SSSR count). The molecule has 18 atom stereocenters. The highest BCUT2D eigenvalue weighted by atomic mass is 16.5. The Balaban J connectivity index is 0.724. The highest BCUT2D eigenvalue weighted by Gasteiger charge is 2.61. The Kier molecular flexibility index (Phi) is 21.9.